The fourth-order valence-electron chi connectivity index (χ4n) is 2.04. The normalized spacial score (nSPS) is 10.8. The maximum Gasteiger partial charge on any atom is 0.328 e. The van der Waals surface area contributed by atoms with E-state index in [1.54, 1.807) is 24.3 Å². The molecule has 2 aromatic carbocycles. The van der Waals surface area contributed by atoms with Gasteiger partial charge < -0.3 is 14.6 Å². The van der Waals surface area contributed by atoms with E-state index in [0.717, 1.165) is 6.08 Å². The molecule has 0 fully saturated rings. The van der Waals surface area contributed by atoms with Crippen molar-refractivity contribution in [2.24, 2.45) is 0 Å². The van der Waals surface area contributed by atoms with Crippen LogP contribution in [0.1, 0.15) is 18.1 Å². The van der Waals surface area contributed by atoms with Crippen molar-refractivity contribution in [2.75, 3.05) is 6.61 Å². The minimum atomic E-state index is -1.06. The van der Waals surface area contributed by atoms with Crippen LogP contribution in [0.25, 0.3) is 6.08 Å². The Bertz CT molecular complexity index is 759. The number of hydrogen-bond donors (Lipinski definition) is 1. The van der Waals surface area contributed by atoms with Crippen molar-refractivity contribution < 1.29 is 23.8 Å². The number of ether oxygens (including phenoxy) is 2. The third-order valence-electron chi connectivity index (χ3n) is 3.02. The topological polar surface area (TPSA) is 55.8 Å². The zero-order valence-corrected chi connectivity index (χ0v) is 13.7. The van der Waals surface area contributed by atoms with Crippen molar-refractivity contribution in [1.82, 2.24) is 0 Å². The van der Waals surface area contributed by atoms with Crippen LogP contribution in [0.3, 0.4) is 0 Å². The van der Waals surface area contributed by atoms with Crippen LogP contribution >= 0.6 is 11.6 Å². The summed E-state index contributed by atoms with van der Waals surface area (Å²) >= 11 is 6.22. The molecule has 0 saturated heterocycles. The molecule has 4 nitrogen and oxygen atoms in total. The maximum atomic E-state index is 13.2. The van der Waals surface area contributed by atoms with E-state index in [1.807, 2.05) is 6.92 Å². The zero-order chi connectivity index (χ0) is 17.5. The molecule has 0 heterocycles. The fraction of sp³-hybridized carbons (Fsp3) is 0.167. The highest BCUT2D eigenvalue weighted by Gasteiger charge is 2.12. The van der Waals surface area contributed by atoms with E-state index < -0.39 is 5.97 Å². The molecule has 0 radical (unpaired) electrons. The lowest BCUT2D eigenvalue weighted by atomic mass is 10.2. The summed E-state index contributed by atoms with van der Waals surface area (Å²) in [6.07, 6.45) is 2.42. The third kappa shape index (κ3) is 4.99. The number of benzene rings is 2. The van der Waals surface area contributed by atoms with E-state index in [1.165, 1.54) is 18.2 Å². The van der Waals surface area contributed by atoms with E-state index in [4.69, 9.17) is 26.2 Å². The Labute approximate surface area is 144 Å². The summed E-state index contributed by atoms with van der Waals surface area (Å²) < 4.78 is 24.4. The monoisotopic (exact) mass is 350 g/mol. The van der Waals surface area contributed by atoms with E-state index in [0.29, 0.717) is 29.2 Å². The summed E-state index contributed by atoms with van der Waals surface area (Å²) in [5, 5.41) is 8.98. The molecular weight excluding hydrogens is 335 g/mol. The van der Waals surface area contributed by atoms with Gasteiger partial charge in [0.1, 0.15) is 12.4 Å². The van der Waals surface area contributed by atoms with Gasteiger partial charge in [0.15, 0.2) is 11.5 Å². The lowest BCUT2D eigenvalue weighted by molar-refractivity contribution is -0.131. The molecule has 0 spiro atoms. The maximum absolute atomic E-state index is 13.2. The van der Waals surface area contributed by atoms with Crippen molar-refractivity contribution in [1.29, 1.82) is 0 Å². The number of hydrogen-bond acceptors (Lipinski definition) is 3. The van der Waals surface area contributed by atoms with Crippen molar-refractivity contribution >= 4 is 23.6 Å². The summed E-state index contributed by atoms with van der Waals surface area (Å²) in [6.45, 7) is 2.32. The smallest absolute Gasteiger partial charge is 0.328 e. The zero-order valence-electron chi connectivity index (χ0n) is 13.0. The van der Waals surface area contributed by atoms with Gasteiger partial charge in [0.2, 0.25) is 0 Å². The minimum Gasteiger partial charge on any atom is -0.490 e. The Morgan fingerprint density at radius 2 is 2.08 bits per heavy atom. The number of halogens is 2. The highest BCUT2D eigenvalue weighted by molar-refractivity contribution is 6.32. The van der Waals surface area contributed by atoms with Gasteiger partial charge in [-0.2, -0.15) is 0 Å². The van der Waals surface area contributed by atoms with Gasteiger partial charge in [0.05, 0.1) is 11.6 Å². The van der Waals surface area contributed by atoms with Crippen LogP contribution < -0.4 is 9.47 Å². The lowest BCUT2D eigenvalue weighted by Crippen LogP contribution is -2.01. The minimum absolute atomic E-state index is 0.127. The van der Waals surface area contributed by atoms with Gasteiger partial charge in [-0.15, -0.1) is 0 Å². The summed E-state index contributed by atoms with van der Waals surface area (Å²) in [6, 6.07) is 9.27. The second-order valence-corrected chi connectivity index (χ2v) is 5.26. The number of carboxylic acid groups (broad SMARTS) is 1. The SMILES string of the molecule is CCOc1cc(/C=C/C(=O)O)cc(Cl)c1OCc1cccc(F)c1. The highest BCUT2D eigenvalue weighted by atomic mass is 35.5. The van der Waals surface area contributed by atoms with Crippen molar-refractivity contribution in [3.8, 4) is 11.5 Å². The molecule has 126 valence electrons. The van der Waals surface area contributed by atoms with E-state index in [-0.39, 0.29) is 17.4 Å². The molecule has 1 N–H and O–H groups in total. The summed E-state index contributed by atoms with van der Waals surface area (Å²) in [7, 11) is 0. The standard InChI is InChI=1S/C18H16ClFO4/c1-2-23-16-10-12(6-7-17(21)22)9-15(19)18(16)24-11-13-4-3-5-14(20)8-13/h3-10H,2,11H2,1H3,(H,21,22)/b7-6+. The molecule has 0 aromatic heterocycles. The Morgan fingerprint density at radius 1 is 1.29 bits per heavy atom. The quantitative estimate of drug-likeness (QED) is 0.744. The van der Waals surface area contributed by atoms with Crippen LogP contribution in [0.2, 0.25) is 5.02 Å². The molecule has 0 atom stereocenters. The first-order chi connectivity index (χ1) is 11.5. The van der Waals surface area contributed by atoms with Gasteiger partial charge in [-0.05, 0) is 48.4 Å². The third-order valence-corrected chi connectivity index (χ3v) is 3.30. The summed E-state index contributed by atoms with van der Waals surface area (Å²) in [5.41, 5.74) is 1.23. The van der Waals surface area contributed by atoms with Crippen LogP contribution in [0.15, 0.2) is 42.5 Å². The van der Waals surface area contributed by atoms with Gasteiger partial charge in [-0.1, -0.05) is 23.7 Å². The van der Waals surface area contributed by atoms with Crippen molar-refractivity contribution in [2.45, 2.75) is 13.5 Å². The molecule has 24 heavy (non-hydrogen) atoms. The molecule has 0 saturated carbocycles. The molecule has 0 aliphatic rings. The number of rotatable bonds is 7. The first-order valence-electron chi connectivity index (χ1n) is 7.24. The first-order valence-corrected chi connectivity index (χ1v) is 7.62. The number of carbonyl (C=O) groups is 1. The van der Waals surface area contributed by atoms with E-state index in [2.05, 4.69) is 0 Å². The van der Waals surface area contributed by atoms with Crippen LogP contribution in [-0.2, 0) is 11.4 Å². The van der Waals surface area contributed by atoms with Gasteiger partial charge in [-0.25, -0.2) is 9.18 Å². The lowest BCUT2D eigenvalue weighted by Gasteiger charge is -2.14. The van der Waals surface area contributed by atoms with Crippen LogP contribution in [-0.4, -0.2) is 17.7 Å². The van der Waals surface area contributed by atoms with Crippen LogP contribution in [0, 0.1) is 5.82 Å². The average molecular weight is 351 g/mol. The van der Waals surface area contributed by atoms with Gasteiger partial charge in [-0.3, -0.25) is 0 Å². The highest BCUT2D eigenvalue weighted by Crippen LogP contribution is 2.37. The Kier molecular flexibility index (Phi) is 6.21. The van der Waals surface area contributed by atoms with Crippen LogP contribution in [0.5, 0.6) is 11.5 Å². The van der Waals surface area contributed by atoms with E-state index >= 15 is 0 Å². The second kappa shape index (κ2) is 8.36. The fourth-order valence-corrected chi connectivity index (χ4v) is 2.31. The Morgan fingerprint density at radius 3 is 2.75 bits per heavy atom. The Hall–Kier alpha value is -2.53. The molecule has 2 rings (SSSR count). The molecule has 2 aromatic rings. The summed E-state index contributed by atoms with van der Waals surface area (Å²) in [5.74, 6) is -0.682. The van der Waals surface area contributed by atoms with Gasteiger partial charge in [0, 0.05) is 6.08 Å². The number of carboxylic acids is 1. The Balaban J connectivity index is 2.25. The van der Waals surface area contributed by atoms with Crippen molar-refractivity contribution in [3.05, 3.63) is 64.4 Å². The molecule has 0 amide bonds. The molecule has 0 aliphatic carbocycles. The molecule has 6 heteroatoms. The summed E-state index contributed by atoms with van der Waals surface area (Å²) in [4.78, 5) is 10.6. The molecule has 0 unspecified atom stereocenters. The number of aliphatic carboxylic acids is 1. The predicted octanol–water partition coefficient (Wildman–Crippen LogP) is 4.55. The first kappa shape index (κ1) is 17.8. The van der Waals surface area contributed by atoms with Gasteiger partial charge in [0.25, 0.3) is 0 Å². The van der Waals surface area contributed by atoms with Gasteiger partial charge >= 0.3 is 5.97 Å². The van der Waals surface area contributed by atoms with Crippen LogP contribution in [0.4, 0.5) is 4.39 Å². The molecule has 0 bridgehead atoms. The van der Waals surface area contributed by atoms with E-state index in [9.17, 15) is 9.18 Å². The molecule has 0 aliphatic heterocycles. The largest absolute Gasteiger partial charge is 0.490 e. The molecular formula is C18H16ClFO4. The average Bonchev–Trinajstić information content (AvgIpc) is 2.52. The van der Waals surface area contributed by atoms with Crippen molar-refractivity contribution in [3.63, 3.8) is 0 Å². The predicted molar refractivity (Wildman–Crippen MR) is 90.0 cm³/mol. The second-order valence-electron chi connectivity index (χ2n) is 4.85.